The average molecular weight is 892 g/mol. The SMILES string of the molecule is CCOc1cnc(O[C@@H]2C[C@H]3C(=O)N[C@@]4(C(=O)NS(=O)(=O)C5(C)CC5)C[C@@H]4/C=C\CC[C@@H](C)C[C@@H](COC)[C@H](NC(=O)OC(C)(C)C(C)(F)F)C(=O)N3C2)c2ccc(OC)cc12. The standard InChI is InChI=1S/C43H59F2N5O11S/c1-9-59-33-22-46-36(30-15-14-28(58-8)19-31(30)33)60-29-20-32-35(51)48-43(38(53)49-62(55,56)41(5)16-17-41)21-27(43)13-11-10-12-25(2)18-26(24-57-7)34(37(52)50(32)23-29)47-39(54)61-40(3,4)42(6,44)45/h11,13-15,19,22,25-27,29,32,34H,9-10,12,16-18,20-21,23-24H2,1-8H3,(H,47,54)(H,48,51)(H,49,53)/b13-11-/t25-,26+,27+,29-,32+,34+,43+/m1/s1. The summed E-state index contributed by atoms with van der Waals surface area (Å²) in [5.74, 6) is -5.98. The van der Waals surface area contributed by atoms with Gasteiger partial charge in [-0.15, -0.1) is 0 Å². The fourth-order valence-corrected chi connectivity index (χ4v) is 9.40. The van der Waals surface area contributed by atoms with Gasteiger partial charge in [0.2, 0.25) is 27.7 Å². The molecule has 2 saturated carbocycles. The second-order valence-electron chi connectivity index (χ2n) is 17.9. The van der Waals surface area contributed by atoms with Crippen LogP contribution in [0.25, 0.3) is 10.8 Å². The van der Waals surface area contributed by atoms with Crippen LogP contribution in [0.3, 0.4) is 0 Å². The molecule has 342 valence electrons. The number of rotatable bonds is 13. The van der Waals surface area contributed by atoms with Gasteiger partial charge in [0.05, 0.1) is 37.8 Å². The minimum atomic E-state index is -4.08. The predicted molar refractivity (Wildman–Crippen MR) is 223 cm³/mol. The summed E-state index contributed by atoms with van der Waals surface area (Å²) in [6.07, 6.45) is 5.27. The molecule has 62 heavy (non-hydrogen) atoms. The van der Waals surface area contributed by atoms with Crippen molar-refractivity contribution >= 4 is 44.6 Å². The largest absolute Gasteiger partial charge is 0.497 e. The van der Waals surface area contributed by atoms with Crippen LogP contribution in [0.2, 0.25) is 0 Å². The van der Waals surface area contributed by atoms with Crippen molar-refractivity contribution in [2.24, 2.45) is 17.8 Å². The Hall–Kier alpha value is -4.78. The lowest BCUT2D eigenvalue weighted by atomic mass is 9.87. The number of sulfonamides is 1. The number of hydrogen-bond donors (Lipinski definition) is 3. The van der Waals surface area contributed by atoms with Gasteiger partial charge in [-0.25, -0.2) is 27.0 Å². The van der Waals surface area contributed by atoms with Gasteiger partial charge in [0.25, 0.3) is 11.8 Å². The van der Waals surface area contributed by atoms with Crippen molar-refractivity contribution in [3.8, 4) is 17.4 Å². The molecule has 7 atom stereocenters. The van der Waals surface area contributed by atoms with Crippen molar-refractivity contribution in [3.05, 3.63) is 36.5 Å². The smallest absolute Gasteiger partial charge is 0.408 e. The summed E-state index contributed by atoms with van der Waals surface area (Å²) in [4.78, 5) is 63.1. The van der Waals surface area contributed by atoms with Crippen LogP contribution in [0, 0.1) is 17.8 Å². The van der Waals surface area contributed by atoms with Gasteiger partial charge < -0.3 is 39.2 Å². The van der Waals surface area contributed by atoms with Crippen molar-refractivity contribution in [3.63, 3.8) is 0 Å². The first-order valence-electron chi connectivity index (χ1n) is 21.1. The molecule has 2 aliphatic carbocycles. The van der Waals surface area contributed by atoms with Crippen molar-refractivity contribution in [1.82, 2.24) is 25.2 Å². The molecule has 1 saturated heterocycles. The number of amides is 4. The molecule has 4 amide bonds. The van der Waals surface area contributed by atoms with E-state index in [1.165, 1.54) is 25.3 Å². The molecule has 0 radical (unpaired) electrons. The Balaban J connectivity index is 1.39. The number of alkyl halides is 2. The maximum Gasteiger partial charge on any atom is 0.408 e. The number of benzene rings is 1. The third-order valence-electron chi connectivity index (χ3n) is 12.7. The molecule has 4 aliphatic rings. The van der Waals surface area contributed by atoms with Crippen LogP contribution < -0.4 is 29.6 Å². The van der Waals surface area contributed by atoms with E-state index in [1.807, 2.05) is 19.9 Å². The van der Waals surface area contributed by atoms with Crippen LogP contribution in [0.4, 0.5) is 13.6 Å². The van der Waals surface area contributed by atoms with Gasteiger partial charge in [-0.3, -0.25) is 19.1 Å². The Kier molecular flexibility index (Phi) is 13.4. The van der Waals surface area contributed by atoms with Gasteiger partial charge >= 0.3 is 6.09 Å². The molecule has 3 fully saturated rings. The molecule has 0 unspecified atom stereocenters. The molecule has 16 nitrogen and oxygen atoms in total. The zero-order valence-corrected chi connectivity index (χ0v) is 37.4. The molecule has 0 bridgehead atoms. The Morgan fingerprint density at radius 1 is 1.10 bits per heavy atom. The lowest BCUT2D eigenvalue weighted by Gasteiger charge is -2.35. The minimum absolute atomic E-state index is 0.0286. The van der Waals surface area contributed by atoms with Gasteiger partial charge in [-0.05, 0) is 90.3 Å². The molecular formula is C43H59F2N5O11S. The Labute approximate surface area is 361 Å². The number of alkyl carbamates (subject to hydrolysis) is 1. The van der Waals surface area contributed by atoms with Gasteiger partial charge in [0.1, 0.15) is 35.2 Å². The number of pyridine rings is 1. The van der Waals surface area contributed by atoms with Gasteiger partial charge in [-0.1, -0.05) is 19.1 Å². The summed E-state index contributed by atoms with van der Waals surface area (Å²) < 4.78 is 85.3. The Morgan fingerprint density at radius 3 is 2.47 bits per heavy atom. The van der Waals surface area contributed by atoms with Crippen LogP contribution in [0.15, 0.2) is 36.5 Å². The fraction of sp³-hybridized carbons (Fsp3) is 0.651. The highest BCUT2D eigenvalue weighted by Gasteiger charge is 2.63. The zero-order chi connectivity index (χ0) is 45.4. The third-order valence-corrected chi connectivity index (χ3v) is 14.9. The van der Waals surface area contributed by atoms with Crippen LogP contribution in [-0.4, -0.2) is 116 Å². The van der Waals surface area contributed by atoms with E-state index in [9.17, 15) is 31.6 Å². The summed E-state index contributed by atoms with van der Waals surface area (Å²) in [6.45, 7) is 8.19. The number of carbonyl (C=O) groups is 4. The van der Waals surface area contributed by atoms with Crippen molar-refractivity contribution in [2.45, 2.75) is 126 Å². The molecule has 1 aromatic heterocycles. The summed E-state index contributed by atoms with van der Waals surface area (Å²) in [5, 5.41) is 6.58. The van der Waals surface area contributed by atoms with E-state index in [2.05, 4.69) is 20.3 Å². The normalized spacial score (nSPS) is 28.3. The Morgan fingerprint density at radius 2 is 1.82 bits per heavy atom. The quantitative estimate of drug-likeness (QED) is 0.227. The molecule has 2 aliphatic heterocycles. The molecule has 3 N–H and O–H groups in total. The number of aromatic nitrogens is 1. The van der Waals surface area contributed by atoms with E-state index in [0.717, 1.165) is 13.8 Å². The number of fused-ring (bicyclic) bond motifs is 3. The maximum absolute atomic E-state index is 15.1. The second kappa shape index (κ2) is 17.8. The van der Waals surface area contributed by atoms with Crippen molar-refractivity contribution in [1.29, 1.82) is 0 Å². The highest BCUT2D eigenvalue weighted by Crippen LogP contribution is 2.48. The second-order valence-corrected chi connectivity index (χ2v) is 20.1. The number of halogens is 2. The first kappa shape index (κ1) is 46.7. The van der Waals surface area contributed by atoms with E-state index < -0.39 is 85.7 Å². The number of nitrogens with one attached hydrogen (secondary N) is 3. The first-order chi connectivity index (χ1) is 29.1. The molecule has 19 heteroatoms. The monoisotopic (exact) mass is 891 g/mol. The minimum Gasteiger partial charge on any atom is -0.497 e. The van der Waals surface area contributed by atoms with E-state index in [0.29, 0.717) is 67.9 Å². The number of hydrogen-bond acceptors (Lipinski definition) is 12. The molecular weight excluding hydrogens is 833 g/mol. The molecule has 1 aromatic carbocycles. The molecule has 0 spiro atoms. The number of allylic oxidation sites excluding steroid dienone is 1. The molecule has 3 heterocycles. The molecule has 2 aromatic rings. The third kappa shape index (κ3) is 9.72. The Bertz CT molecular complexity index is 2180. The average Bonchev–Trinajstić information content (AvgIpc) is 4.08. The first-order valence-corrected chi connectivity index (χ1v) is 22.5. The van der Waals surface area contributed by atoms with Crippen LogP contribution >= 0.6 is 0 Å². The highest BCUT2D eigenvalue weighted by molar-refractivity contribution is 7.91. The van der Waals surface area contributed by atoms with E-state index in [-0.39, 0.29) is 37.8 Å². The highest BCUT2D eigenvalue weighted by atomic mass is 32.2. The topological polar surface area (TPSA) is 201 Å². The summed E-state index contributed by atoms with van der Waals surface area (Å²) in [7, 11) is -1.12. The summed E-state index contributed by atoms with van der Waals surface area (Å²) in [5.41, 5.74) is -3.91. The zero-order valence-electron chi connectivity index (χ0n) is 36.5. The maximum atomic E-state index is 15.1. The fourth-order valence-electron chi connectivity index (χ4n) is 8.09. The van der Waals surface area contributed by atoms with Gasteiger partial charge in [0.15, 0.2) is 5.60 Å². The lowest BCUT2D eigenvalue weighted by Crippen LogP contribution is -2.60. The van der Waals surface area contributed by atoms with Gasteiger partial charge in [-0.2, -0.15) is 0 Å². The van der Waals surface area contributed by atoms with E-state index in [1.54, 1.807) is 31.2 Å². The molecule has 6 rings (SSSR count). The lowest BCUT2D eigenvalue weighted by molar-refractivity contribution is -0.152. The predicted octanol–water partition coefficient (Wildman–Crippen LogP) is 5.03. The van der Waals surface area contributed by atoms with Crippen LogP contribution in [-0.2, 0) is 33.9 Å². The van der Waals surface area contributed by atoms with Crippen molar-refractivity contribution in [2.75, 3.05) is 34.0 Å². The van der Waals surface area contributed by atoms with E-state index in [4.69, 9.17) is 23.7 Å². The van der Waals surface area contributed by atoms with Crippen LogP contribution in [0.1, 0.15) is 86.5 Å². The summed E-state index contributed by atoms with van der Waals surface area (Å²) in [6, 6.07) is 2.47. The van der Waals surface area contributed by atoms with E-state index >= 15 is 4.79 Å². The van der Waals surface area contributed by atoms with Crippen LogP contribution in [0.5, 0.6) is 17.4 Å². The number of carbonyl (C=O) groups excluding carboxylic acids is 4. The number of nitrogens with zero attached hydrogens (tertiary/aromatic N) is 2. The van der Waals surface area contributed by atoms with Crippen molar-refractivity contribution < 1.29 is 60.1 Å². The summed E-state index contributed by atoms with van der Waals surface area (Å²) >= 11 is 0. The number of methoxy groups -OCH3 is 2. The number of ether oxygens (including phenoxy) is 5. The van der Waals surface area contributed by atoms with Gasteiger partial charge in [0, 0.05) is 43.1 Å².